The molecule has 1 N–H and O–H groups in total. The highest BCUT2D eigenvalue weighted by atomic mass is 35.5. The second kappa shape index (κ2) is 8.43. The average molecular weight is 425 g/mol. The number of nitrogens with zero attached hydrogens (tertiary/aromatic N) is 2. The molecule has 0 atom stereocenters. The molecule has 138 valence electrons. The monoisotopic (exact) mass is 423 g/mol. The van der Waals surface area contributed by atoms with E-state index >= 15 is 0 Å². The molecule has 0 aliphatic heterocycles. The predicted molar refractivity (Wildman–Crippen MR) is 107 cm³/mol. The van der Waals surface area contributed by atoms with Crippen LogP contribution in [-0.2, 0) is 6.54 Å². The number of benzene rings is 2. The van der Waals surface area contributed by atoms with Crippen LogP contribution in [0.15, 0.2) is 58.0 Å². The first-order valence-corrected chi connectivity index (χ1v) is 8.82. The van der Waals surface area contributed by atoms with Crippen LogP contribution in [0.2, 0.25) is 15.1 Å². The van der Waals surface area contributed by atoms with Crippen molar-refractivity contribution in [3.05, 3.63) is 85.0 Å². The summed E-state index contributed by atoms with van der Waals surface area (Å²) in [5.41, 5.74) is 3.95. The molecule has 0 saturated carbocycles. The lowest BCUT2D eigenvalue weighted by Gasteiger charge is -2.05. The highest BCUT2D eigenvalue weighted by Crippen LogP contribution is 2.31. The van der Waals surface area contributed by atoms with E-state index in [1.807, 2.05) is 0 Å². The van der Waals surface area contributed by atoms with Crippen LogP contribution in [0.4, 0.5) is 5.69 Å². The minimum Gasteiger partial charge on any atom is -0.455 e. The zero-order valence-corrected chi connectivity index (χ0v) is 15.9. The molecular formula is C18H12Cl3N3O3. The Morgan fingerprint density at radius 2 is 1.81 bits per heavy atom. The Kier molecular flexibility index (Phi) is 6.01. The number of hydrogen-bond donors (Lipinski definition) is 1. The molecule has 6 nitrogen and oxygen atoms in total. The second-order valence-corrected chi connectivity index (χ2v) is 6.64. The molecule has 0 aliphatic carbocycles. The minimum atomic E-state index is -0.541. The number of nitro groups is 1. The molecule has 0 spiro atoms. The molecule has 27 heavy (non-hydrogen) atoms. The number of furan rings is 1. The first-order chi connectivity index (χ1) is 13.0. The summed E-state index contributed by atoms with van der Waals surface area (Å²) < 4.78 is 5.64. The second-order valence-electron chi connectivity index (χ2n) is 5.42. The molecule has 0 radical (unpaired) electrons. The Hall–Kier alpha value is -2.54. The first kappa shape index (κ1) is 19.2. The fraction of sp³-hybridized carbons (Fsp3) is 0.0556. The van der Waals surface area contributed by atoms with Crippen LogP contribution in [0.25, 0.3) is 11.3 Å². The first-order valence-electron chi connectivity index (χ1n) is 7.68. The van der Waals surface area contributed by atoms with Gasteiger partial charge in [-0.3, -0.25) is 10.1 Å². The van der Waals surface area contributed by atoms with Crippen molar-refractivity contribution < 1.29 is 9.34 Å². The summed E-state index contributed by atoms with van der Waals surface area (Å²) in [5, 5.41) is 16.2. The lowest BCUT2D eigenvalue weighted by molar-refractivity contribution is -0.384. The number of hydrogen-bond acceptors (Lipinski definition) is 5. The van der Waals surface area contributed by atoms with Gasteiger partial charge >= 0.3 is 0 Å². The van der Waals surface area contributed by atoms with Crippen LogP contribution in [0, 0.1) is 10.1 Å². The predicted octanol–water partition coefficient (Wildman–Crippen LogP) is 5.94. The van der Waals surface area contributed by atoms with Gasteiger partial charge in [0.25, 0.3) is 5.69 Å². The number of nitrogens with one attached hydrogen (secondary N) is 1. The van der Waals surface area contributed by atoms with E-state index in [4.69, 9.17) is 39.2 Å². The van der Waals surface area contributed by atoms with E-state index in [1.165, 1.54) is 18.3 Å². The summed E-state index contributed by atoms with van der Waals surface area (Å²) in [6.07, 6.45) is 1.48. The molecule has 0 unspecified atom stereocenters. The summed E-state index contributed by atoms with van der Waals surface area (Å²) in [4.78, 5) is 10.5. The zero-order chi connectivity index (χ0) is 19.4. The highest BCUT2D eigenvalue weighted by molar-refractivity contribution is 6.36. The maximum atomic E-state index is 11.0. The van der Waals surface area contributed by atoms with Gasteiger partial charge in [0.1, 0.15) is 16.5 Å². The molecule has 3 rings (SSSR count). The topological polar surface area (TPSA) is 80.7 Å². The van der Waals surface area contributed by atoms with Crippen molar-refractivity contribution in [1.29, 1.82) is 0 Å². The zero-order valence-electron chi connectivity index (χ0n) is 13.7. The Morgan fingerprint density at radius 1 is 1.07 bits per heavy atom. The van der Waals surface area contributed by atoms with Crippen LogP contribution in [0.5, 0.6) is 0 Å². The van der Waals surface area contributed by atoms with Gasteiger partial charge in [-0.1, -0.05) is 40.9 Å². The summed E-state index contributed by atoms with van der Waals surface area (Å²) in [6.45, 7) is 0.353. The highest BCUT2D eigenvalue weighted by Gasteiger charge is 2.15. The van der Waals surface area contributed by atoms with E-state index in [0.29, 0.717) is 33.7 Å². The third-order valence-corrected chi connectivity index (χ3v) is 4.68. The van der Waals surface area contributed by atoms with Gasteiger partial charge in [0, 0.05) is 27.2 Å². The van der Waals surface area contributed by atoms with Gasteiger partial charge < -0.3 is 9.84 Å². The molecule has 1 aromatic heterocycles. The molecular weight excluding hydrogens is 413 g/mol. The molecule has 9 heteroatoms. The van der Waals surface area contributed by atoms with Crippen molar-refractivity contribution in [2.45, 2.75) is 6.54 Å². The normalized spacial score (nSPS) is 11.1. The van der Waals surface area contributed by atoms with Gasteiger partial charge in [-0.15, -0.1) is 0 Å². The fourth-order valence-corrected chi connectivity index (χ4v) is 3.04. The van der Waals surface area contributed by atoms with Gasteiger partial charge in [-0.05, 0) is 36.4 Å². The number of rotatable bonds is 6. The van der Waals surface area contributed by atoms with Crippen molar-refractivity contribution >= 4 is 46.7 Å². The standard InChI is InChI=1S/C18H12Cl3N3O3/c19-14-2-1-3-15(20)13(14)10-23-22-9-12-5-7-18(27-12)11-4-6-16(21)17(8-11)24(25)26/h1-9,23H,10H2/b22-9+. The molecule has 0 amide bonds. The maximum Gasteiger partial charge on any atom is 0.288 e. The smallest absolute Gasteiger partial charge is 0.288 e. The van der Waals surface area contributed by atoms with E-state index in [0.717, 1.165) is 5.56 Å². The molecule has 0 bridgehead atoms. The van der Waals surface area contributed by atoms with Crippen LogP contribution in [-0.4, -0.2) is 11.1 Å². The Morgan fingerprint density at radius 3 is 2.52 bits per heavy atom. The summed E-state index contributed by atoms with van der Waals surface area (Å²) >= 11 is 18.0. The number of nitro benzene ring substituents is 1. The SMILES string of the molecule is O=[N+]([O-])c1cc(-c2ccc(/C=N/NCc3c(Cl)cccc3Cl)o2)ccc1Cl. The lowest BCUT2D eigenvalue weighted by Crippen LogP contribution is -2.06. The average Bonchev–Trinajstić information content (AvgIpc) is 3.09. The molecule has 1 heterocycles. The Balaban J connectivity index is 1.68. The van der Waals surface area contributed by atoms with Crippen molar-refractivity contribution in [1.82, 2.24) is 5.43 Å². The molecule has 0 saturated heterocycles. The number of halogens is 3. The van der Waals surface area contributed by atoms with E-state index in [-0.39, 0.29) is 10.7 Å². The van der Waals surface area contributed by atoms with E-state index in [2.05, 4.69) is 10.5 Å². The summed E-state index contributed by atoms with van der Waals surface area (Å²) in [7, 11) is 0. The third-order valence-electron chi connectivity index (χ3n) is 3.65. The Labute approximate surface area is 169 Å². The summed E-state index contributed by atoms with van der Waals surface area (Å²) in [6, 6.07) is 13.1. The van der Waals surface area contributed by atoms with Crippen LogP contribution in [0.1, 0.15) is 11.3 Å². The van der Waals surface area contributed by atoms with Crippen molar-refractivity contribution in [2.24, 2.45) is 5.10 Å². The largest absolute Gasteiger partial charge is 0.455 e. The quantitative estimate of drug-likeness (QED) is 0.302. The minimum absolute atomic E-state index is 0.0690. The summed E-state index contributed by atoms with van der Waals surface area (Å²) in [5.74, 6) is 0.936. The van der Waals surface area contributed by atoms with Crippen molar-refractivity contribution in [2.75, 3.05) is 0 Å². The van der Waals surface area contributed by atoms with E-state index in [1.54, 1.807) is 36.4 Å². The molecule has 0 aliphatic rings. The lowest BCUT2D eigenvalue weighted by atomic mass is 10.1. The van der Waals surface area contributed by atoms with Gasteiger partial charge in [-0.25, -0.2) is 0 Å². The van der Waals surface area contributed by atoms with E-state index < -0.39 is 4.92 Å². The fourth-order valence-electron chi connectivity index (χ4n) is 2.32. The van der Waals surface area contributed by atoms with Gasteiger partial charge in [-0.2, -0.15) is 5.10 Å². The number of hydrazone groups is 1. The van der Waals surface area contributed by atoms with Gasteiger partial charge in [0.2, 0.25) is 0 Å². The van der Waals surface area contributed by atoms with Crippen LogP contribution in [0.3, 0.4) is 0 Å². The third kappa shape index (κ3) is 4.60. The van der Waals surface area contributed by atoms with Crippen LogP contribution >= 0.6 is 34.8 Å². The van der Waals surface area contributed by atoms with Crippen molar-refractivity contribution in [3.63, 3.8) is 0 Å². The Bertz CT molecular complexity index is 998. The molecule has 2 aromatic carbocycles. The molecule has 3 aromatic rings. The van der Waals surface area contributed by atoms with Gasteiger partial charge in [0.15, 0.2) is 0 Å². The van der Waals surface area contributed by atoms with Crippen molar-refractivity contribution in [3.8, 4) is 11.3 Å². The van der Waals surface area contributed by atoms with Crippen LogP contribution < -0.4 is 5.43 Å². The van der Waals surface area contributed by atoms with Gasteiger partial charge in [0.05, 0.1) is 17.7 Å². The van der Waals surface area contributed by atoms with E-state index in [9.17, 15) is 10.1 Å². The molecule has 0 fully saturated rings. The maximum absolute atomic E-state index is 11.0.